The molecule has 1 aromatic carbocycles. The Labute approximate surface area is 114 Å². The van der Waals surface area contributed by atoms with Crippen LogP contribution in [0.3, 0.4) is 0 Å². The van der Waals surface area contributed by atoms with Gasteiger partial charge in [-0.15, -0.1) is 0 Å². The van der Waals surface area contributed by atoms with Crippen molar-refractivity contribution in [1.82, 2.24) is 5.43 Å². The van der Waals surface area contributed by atoms with E-state index >= 15 is 0 Å². The van der Waals surface area contributed by atoms with Crippen LogP contribution in [0.25, 0.3) is 0 Å². The third-order valence-corrected chi connectivity index (χ3v) is 2.18. The van der Waals surface area contributed by atoms with Gasteiger partial charge in [0.25, 0.3) is 5.91 Å². The van der Waals surface area contributed by atoms with Crippen LogP contribution in [0.5, 0.6) is 0 Å². The lowest BCUT2D eigenvalue weighted by Gasteiger charge is -2.04. The maximum Gasteiger partial charge on any atom is 0.276 e. The number of nitrogens with one attached hydrogen (secondary N) is 2. The van der Waals surface area contributed by atoms with E-state index in [-0.39, 0.29) is 10.1 Å². The van der Waals surface area contributed by atoms with Gasteiger partial charge in [-0.3, -0.25) is 10.2 Å². The molecule has 18 heavy (non-hydrogen) atoms. The van der Waals surface area contributed by atoms with Gasteiger partial charge in [-0.1, -0.05) is 24.4 Å². The molecule has 1 rings (SSSR count). The minimum atomic E-state index is -0.670. The molecule has 8 heteroatoms. The number of carbonyl (C=O) groups excluding carboxylic acids is 1. The molecule has 0 fully saturated rings. The average Bonchev–Trinajstić information content (AvgIpc) is 2.30. The van der Waals surface area contributed by atoms with Crippen molar-refractivity contribution in [1.29, 1.82) is 0 Å². The first-order valence-corrected chi connectivity index (χ1v) is 5.60. The molecule has 0 radical (unpaired) electrons. The number of hydrazone groups is 1. The van der Waals surface area contributed by atoms with Crippen LogP contribution in [-0.2, 0) is 4.79 Å². The molecule has 0 heterocycles. The van der Waals surface area contributed by atoms with Gasteiger partial charge in [0, 0.05) is 5.69 Å². The van der Waals surface area contributed by atoms with Gasteiger partial charge in [-0.2, -0.15) is 5.10 Å². The second-order valence-electron chi connectivity index (χ2n) is 3.17. The van der Waals surface area contributed by atoms with Crippen LogP contribution in [0.4, 0.5) is 5.69 Å². The zero-order valence-electron chi connectivity index (χ0n) is 9.21. The summed E-state index contributed by atoms with van der Waals surface area (Å²) in [5.74, 6) is -0.670. The summed E-state index contributed by atoms with van der Waals surface area (Å²) in [7, 11) is 0. The Hall–Kier alpha value is -2.06. The molecule has 0 unspecified atom stereocenters. The number of anilines is 1. The van der Waals surface area contributed by atoms with Crippen LogP contribution in [0.15, 0.2) is 29.4 Å². The van der Waals surface area contributed by atoms with E-state index in [1.165, 1.54) is 0 Å². The summed E-state index contributed by atoms with van der Waals surface area (Å²) in [5.41, 5.74) is 14.1. The maximum absolute atomic E-state index is 10.7. The number of nitrogens with zero attached hydrogens (tertiary/aromatic N) is 1. The molecule has 0 spiro atoms. The molecule has 0 atom stereocenters. The molecule has 0 saturated carbocycles. The fourth-order valence-electron chi connectivity index (χ4n) is 1.02. The molecule has 0 aliphatic carbocycles. The Morgan fingerprint density at radius 1 is 1.22 bits per heavy atom. The number of primary amides is 1. The zero-order chi connectivity index (χ0) is 13.5. The quantitative estimate of drug-likeness (QED) is 0.355. The van der Waals surface area contributed by atoms with Crippen molar-refractivity contribution < 1.29 is 4.79 Å². The van der Waals surface area contributed by atoms with Gasteiger partial charge in [0.05, 0.1) is 6.21 Å². The van der Waals surface area contributed by atoms with Crippen molar-refractivity contribution in [2.45, 2.75) is 0 Å². The van der Waals surface area contributed by atoms with E-state index in [1.807, 2.05) is 0 Å². The van der Waals surface area contributed by atoms with Crippen LogP contribution in [0, 0.1) is 0 Å². The van der Waals surface area contributed by atoms with Gasteiger partial charge in [0.15, 0.2) is 10.1 Å². The lowest BCUT2D eigenvalue weighted by atomic mass is 10.2. The van der Waals surface area contributed by atoms with Crippen LogP contribution in [-0.4, -0.2) is 22.2 Å². The van der Waals surface area contributed by atoms with Crippen molar-refractivity contribution in [2.24, 2.45) is 16.6 Å². The number of thiocarbonyl (C=S) groups is 2. The van der Waals surface area contributed by atoms with Crippen LogP contribution >= 0.6 is 24.4 Å². The van der Waals surface area contributed by atoms with Gasteiger partial charge < -0.3 is 16.8 Å². The fourth-order valence-corrected chi connectivity index (χ4v) is 1.19. The first kappa shape index (κ1) is 14.0. The number of hydrogen-bond donors (Lipinski definition) is 4. The molecule has 0 aliphatic rings. The van der Waals surface area contributed by atoms with Gasteiger partial charge in [0.1, 0.15) is 0 Å². The van der Waals surface area contributed by atoms with Gasteiger partial charge in [-0.25, -0.2) is 0 Å². The second-order valence-corrected chi connectivity index (χ2v) is 4.02. The molecule has 1 amide bonds. The minimum Gasteiger partial charge on any atom is -0.375 e. The summed E-state index contributed by atoms with van der Waals surface area (Å²) in [6, 6.07) is 7.02. The average molecular weight is 281 g/mol. The Bertz CT molecular complexity index is 497. The number of hydrogen-bond acceptors (Lipinski definition) is 4. The number of benzene rings is 1. The Kier molecular flexibility index (Phi) is 5.15. The van der Waals surface area contributed by atoms with Crippen LogP contribution in [0.2, 0.25) is 0 Å². The van der Waals surface area contributed by atoms with Gasteiger partial charge in [-0.05, 0) is 29.9 Å². The molecular formula is C10H11N5OS2. The third kappa shape index (κ3) is 4.85. The van der Waals surface area contributed by atoms with Gasteiger partial charge >= 0.3 is 0 Å². The topological polar surface area (TPSA) is 106 Å². The summed E-state index contributed by atoms with van der Waals surface area (Å²) in [5, 5.41) is 6.59. The minimum absolute atomic E-state index is 0.0356. The van der Waals surface area contributed by atoms with Crippen molar-refractivity contribution in [3.05, 3.63) is 29.8 Å². The standard InChI is InChI=1S/C10H11N5OS2/c11-8(16)9(17)14-7-3-1-6(2-4-7)5-13-15-10(12)18/h1-5H,(H2,11,16)(H,14,17)(H3,12,15,18)/b13-5+. The number of amides is 1. The SMILES string of the molecule is NC(=O)C(=S)Nc1ccc(/C=N/NC(N)=S)cc1. The lowest BCUT2D eigenvalue weighted by Crippen LogP contribution is -2.27. The Balaban J connectivity index is 2.63. The van der Waals surface area contributed by atoms with E-state index in [0.717, 1.165) is 5.56 Å². The molecule has 1 aromatic rings. The molecule has 0 bridgehead atoms. The molecule has 94 valence electrons. The summed E-state index contributed by atoms with van der Waals surface area (Å²) >= 11 is 9.33. The first-order valence-electron chi connectivity index (χ1n) is 4.78. The van der Waals surface area contributed by atoms with Crippen molar-refractivity contribution in [3.8, 4) is 0 Å². The normalized spacial score (nSPS) is 10.0. The van der Waals surface area contributed by atoms with Crippen molar-refractivity contribution in [2.75, 3.05) is 5.32 Å². The molecule has 6 N–H and O–H groups in total. The predicted molar refractivity (Wildman–Crippen MR) is 79.4 cm³/mol. The second kappa shape index (κ2) is 6.62. The molecular weight excluding hydrogens is 270 g/mol. The lowest BCUT2D eigenvalue weighted by molar-refractivity contribution is -0.111. The highest BCUT2D eigenvalue weighted by atomic mass is 32.1. The predicted octanol–water partition coefficient (Wildman–Crippen LogP) is 0.0783. The van der Waals surface area contributed by atoms with Crippen LogP contribution in [0.1, 0.15) is 5.56 Å². The van der Waals surface area contributed by atoms with Crippen molar-refractivity contribution in [3.63, 3.8) is 0 Å². The monoisotopic (exact) mass is 281 g/mol. The van der Waals surface area contributed by atoms with E-state index < -0.39 is 5.91 Å². The third-order valence-electron chi connectivity index (χ3n) is 1.78. The number of carbonyl (C=O) groups is 1. The Morgan fingerprint density at radius 2 is 1.83 bits per heavy atom. The van der Waals surface area contributed by atoms with E-state index in [4.69, 9.17) is 23.7 Å². The highest BCUT2D eigenvalue weighted by molar-refractivity contribution is 7.82. The van der Waals surface area contributed by atoms with E-state index in [1.54, 1.807) is 30.5 Å². The number of nitrogens with two attached hydrogens (primary N) is 2. The van der Waals surface area contributed by atoms with Gasteiger partial charge in [0.2, 0.25) is 0 Å². The smallest absolute Gasteiger partial charge is 0.276 e. The highest BCUT2D eigenvalue weighted by Gasteiger charge is 2.03. The van der Waals surface area contributed by atoms with Crippen molar-refractivity contribution >= 4 is 52.3 Å². The first-order chi connectivity index (χ1) is 8.49. The van der Waals surface area contributed by atoms with E-state index in [9.17, 15) is 4.79 Å². The highest BCUT2D eigenvalue weighted by Crippen LogP contribution is 2.08. The largest absolute Gasteiger partial charge is 0.375 e. The molecule has 0 saturated heterocycles. The van der Waals surface area contributed by atoms with Crippen LogP contribution < -0.4 is 22.2 Å². The molecule has 0 aliphatic heterocycles. The number of rotatable bonds is 3. The summed E-state index contributed by atoms with van der Waals surface area (Å²) < 4.78 is 0. The fraction of sp³-hybridized carbons (Fsp3) is 0. The molecule has 0 aromatic heterocycles. The zero-order valence-corrected chi connectivity index (χ0v) is 10.8. The van der Waals surface area contributed by atoms with E-state index in [2.05, 4.69) is 28.1 Å². The van der Waals surface area contributed by atoms with E-state index in [0.29, 0.717) is 5.69 Å². The maximum atomic E-state index is 10.7. The summed E-state index contributed by atoms with van der Waals surface area (Å²) in [4.78, 5) is 10.7. The Morgan fingerprint density at radius 3 is 2.33 bits per heavy atom. The summed E-state index contributed by atoms with van der Waals surface area (Å²) in [6.07, 6.45) is 1.55. The summed E-state index contributed by atoms with van der Waals surface area (Å²) in [6.45, 7) is 0. The molecule has 6 nitrogen and oxygen atoms in total.